The zero-order chi connectivity index (χ0) is 31.1. The number of primary amides is 1. The molecule has 0 radical (unpaired) electrons. The van der Waals surface area contributed by atoms with Crippen LogP contribution in [-0.2, 0) is 4.79 Å². The number of methoxy groups -OCH3 is 1. The van der Waals surface area contributed by atoms with E-state index in [1.807, 2.05) is 54.6 Å². The fourth-order valence-electron chi connectivity index (χ4n) is 4.87. The summed E-state index contributed by atoms with van der Waals surface area (Å²) < 4.78 is 13.2. The molecule has 0 saturated heterocycles. The molecule has 0 aliphatic heterocycles. The van der Waals surface area contributed by atoms with Crippen molar-refractivity contribution < 1.29 is 19.1 Å². The number of ether oxygens (including phenoxy) is 2. The van der Waals surface area contributed by atoms with Crippen LogP contribution in [0.5, 0.6) is 17.2 Å². The fourth-order valence-corrected chi connectivity index (χ4v) is 4.87. The fraction of sp³-hybridized carbons (Fsp3) is 0.152. The quantitative estimate of drug-likeness (QED) is 0.0913. The van der Waals surface area contributed by atoms with Crippen LogP contribution in [0.15, 0.2) is 102 Å². The zero-order valence-electron chi connectivity index (χ0n) is 24.1. The number of anilines is 1. The summed E-state index contributed by atoms with van der Waals surface area (Å²) in [7, 11) is 1.58. The first kappa shape index (κ1) is 29.6. The van der Waals surface area contributed by atoms with E-state index in [1.165, 1.54) is 0 Å². The number of aromatic nitrogens is 2. The van der Waals surface area contributed by atoms with Gasteiger partial charge in [0.2, 0.25) is 5.91 Å². The number of guanidine groups is 1. The Bertz CT molecular complexity index is 1800. The average Bonchev–Trinajstić information content (AvgIpc) is 3.40. The minimum Gasteiger partial charge on any atom is -0.497 e. The lowest BCUT2D eigenvalue weighted by atomic mass is 10.1. The van der Waals surface area contributed by atoms with Crippen molar-refractivity contribution in [3.63, 3.8) is 0 Å². The second kappa shape index (κ2) is 13.4. The van der Waals surface area contributed by atoms with Crippen LogP contribution in [0.25, 0.3) is 22.4 Å². The Kier molecular flexibility index (Phi) is 9.05. The maximum atomic E-state index is 13.2. The minimum absolute atomic E-state index is 0.0261. The molecular formula is C33H33N7O4. The first-order valence-electron chi connectivity index (χ1n) is 14.0. The summed E-state index contributed by atoms with van der Waals surface area (Å²) in [5.74, 6) is 1.44. The monoisotopic (exact) mass is 591 g/mol. The van der Waals surface area contributed by atoms with Crippen molar-refractivity contribution in [3.05, 3.63) is 103 Å². The van der Waals surface area contributed by atoms with E-state index < -0.39 is 11.9 Å². The van der Waals surface area contributed by atoms with Crippen molar-refractivity contribution in [1.29, 1.82) is 0 Å². The van der Waals surface area contributed by atoms with E-state index in [9.17, 15) is 9.59 Å². The van der Waals surface area contributed by atoms with E-state index in [-0.39, 0.29) is 11.9 Å². The van der Waals surface area contributed by atoms with Crippen molar-refractivity contribution in [2.75, 3.05) is 19.0 Å². The number of hydrogen-bond acceptors (Lipinski definition) is 6. The van der Waals surface area contributed by atoms with Gasteiger partial charge in [0.1, 0.15) is 29.1 Å². The topological polar surface area (TPSA) is 173 Å². The molecule has 0 bridgehead atoms. The number of aliphatic imine (C=N–C) groups is 1. The van der Waals surface area contributed by atoms with E-state index in [4.69, 9.17) is 31.7 Å². The lowest BCUT2D eigenvalue weighted by molar-refractivity contribution is -0.121. The molecule has 0 aliphatic carbocycles. The van der Waals surface area contributed by atoms with Crippen molar-refractivity contribution in [3.8, 4) is 28.6 Å². The number of carbonyl (C=O) groups excluding carboxylic acids is 2. The largest absolute Gasteiger partial charge is 0.497 e. The van der Waals surface area contributed by atoms with Gasteiger partial charge in [-0.1, -0.05) is 30.3 Å². The first-order chi connectivity index (χ1) is 21.3. The van der Waals surface area contributed by atoms with Gasteiger partial charge in [-0.05, 0) is 79.6 Å². The van der Waals surface area contributed by atoms with Gasteiger partial charge >= 0.3 is 0 Å². The van der Waals surface area contributed by atoms with E-state index in [0.29, 0.717) is 70.3 Å². The number of amides is 2. The SMILES string of the molecule is COc1ccc(NC(=O)c2ccc3c(c2)nc(-c2ccccc2Oc2ccccc2)n3[C@@H](CCCN=C(N)N)C(N)=O)cc1. The van der Waals surface area contributed by atoms with Gasteiger partial charge in [0.25, 0.3) is 5.91 Å². The third kappa shape index (κ3) is 6.79. The number of nitrogens with zero attached hydrogens (tertiary/aromatic N) is 3. The second-order valence-corrected chi connectivity index (χ2v) is 9.97. The molecule has 0 unspecified atom stereocenters. The van der Waals surface area contributed by atoms with Gasteiger partial charge < -0.3 is 36.6 Å². The number of rotatable bonds is 12. The highest BCUT2D eigenvalue weighted by atomic mass is 16.5. The molecule has 224 valence electrons. The lowest BCUT2D eigenvalue weighted by Gasteiger charge is -2.20. The maximum absolute atomic E-state index is 13.2. The molecule has 11 heteroatoms. The molecular weight excluding hydrogens is 558 g/mol. The number of nitrogens with one attached hydrogen (secondary N) is 1. The van der Waals surface area contributed by atoms with Crippen LogP contribution in [0.3, 0.4) is 0 Å². The molecule has 5 aromatic rings. The predicted molar refractivity (Wildman–Crippen MR) is 171 cm³/mol. The highest BCUT2D eigenvalue weighted by molar-refractivity contribution is 6.06. The van der Waals surface area contributed by atoms with Gasteiger partial charge in [-0.15, -0.1) is 0 Å². The lowest BCUT2D eigenvalue weighted by Crippen LogP contribution is -2.27. The van der Waals surface area contributed by atoms with Crippen LogP contribution in [0.1, 0.15) is 29.2 Å². The van der Waals surface area contributed by atoms with Crippen LogP contribution in [0.4, 0.5) is 5.69 Å². The highest BCUT2D eigenvalue weighted by Gasteiger charge is 2.26. The van der Waals surface area contributed by atoms with Gasteiger partial charge in [0.05, 0.1) is 23.7 Å². The molecule has 0 fully saturated rings. The summed E-state index contributed by atoms with van der Waals surface area (Å²) in [6, 6.07) is 28.2. The normalized spacial score (nSPS) is 11.5. The molecule has 4 aromatic carbocycles. The Morgan fingerprint density at radius 2 is 1.64 bits per heavy atom. The first-order valence-corrected chi connectivity index (χ1v) is 14.0. The Morgan fingerprint density at radius 1 is 0.909 bits per heavy atom. The Labute approximate surface area is 254 Å². The predicted octanol–water partition coefficient (Wildman–Crippen LogP) is 4.84. The molecule has 0 aliphatic rings. The summed E-state index contributed by atoms with van der Waals surface area (Å²) in [6.07, 6.45) is 0.848. The van der Waals surface area contributed by atoms with E-state index >= 15 is 0 Å². The number of para-hydroxylation sites is 2. The molecule has 5 rings (SSSR count). The van der Waals surface area contributed by atoms with Gasteiger partial charge in [0, 0.05) is 17.8 Å². The molecule has 0 spiro atoms. The van der Waals surface area contributed by atoms with Crippen molar-refractivity contribution in [1.82, 2.24) is 9.55 Å². The molecule has 0 saturated carbocycles. The number of nitrogens with two attached hydrogens (primary N) is 3. The number of carbonyl (C=O) groups is 2. The third-order valence-corrected chi connectivity index (χ3v) is 6.97. The Balaban J connectivity index is 1.58. The number of benzene rings is 4. The highest BCUT2D eigenvalue weighted by Crippen LogP contribution is 2.37. The Hall–Kier alpha value is -5.84. The second-order valence-electron chi connectivity index (χ2n) is 9.97. The molecule has 11 nitrogen and oxygen atoms in total. The van der Waals surface area contributed by atoms with E-state index in [2.05, 4.69) is 10.3 Å². The molecule has 1 heterocycles. The average molecular weight is 592 g/mol. The standard InChI is InChI=1S/C33H33N7O4/c1-43-23-16-14-22(15-17-23)38-32(42)21-13-18-27-26(20-21)39-31(40(27)28(30(34)41)11-7-19-37-33(35)36)25-10-5-6-12-29(25)44-24-8-3-2-4-9-24/h2-6,8-10,12-18,20,28H,7,11,19H2,1H3,(H2,34,41)(H,38,42)(H4,35,36,37)/t28-/m0/s1. The van der Waals surface area contributed by atoms with Crippen LogP contribution in [0, 0.1) is 0 Å². The third-order valence-electron chi connectivity index (χ3n) is 6.97. The summed E-state index contributed by atoms with van der Waals surface area (Å²) in [6.45, 7) is 0.331. The van der Waals surface area contributed by atoms with Crippen LogP contribution >= 0.6 is 0 Å². The van der Waals surface area contributed by atoms with E-state index in [1.54, 1.807) is 54.1 Å². The molecule has 2 amide bonds. The molecule has 44 heavy (non-hydrogen) atoms. The van der Waals surface area contributed by atoms with Gasteiger partial charge in [-0.25, -0.2) is 4.98 Å². The van der Waals surface area contributed by atoms with Gasteiger partial charge in [-0.2, -0.15) is 0 Å². The Morgan fingerprint density at radius 3 is 2.34 bits per heavy atom. The smallest absolute Gasteiger partial charge is 0.255 e. The van der Waals surface area contributed by atoms with Crippen LogP contribution in [0.2, 0.25) is 0 Å². The van der Waals surface area contributed by atoms with Crippen molar-refractivity contribution >= 4 is 34.5 Å². The summed E-state index contributed by atoms with van der Waals surface area (Å²) in [5, 5.41) is 2.89. The number of fused-ring (bicyclic) bond motifs is 1. The molecule has 1 aromatic heterocycles. The number of imidazole rings is 1. The van der Waals surface area contributed by atoms with E-state index in [0.717, 1.165) is 0 Å². The molecule has 7 N–H and O–H groups in total. The van der Waals surface area contributed by atoms with Crippen LogP contribution in [-0.4, -0.2) is 41.0 Å². The number of hydrogen-bond donors (Lipinski definition) is 4. The van der Waals surface area contributed by atoms with Gasteiger partial charge in [-0.3, -0.25) is 14.6 Å². The maximum Gasteiger partial charge on any atom is 0.255 e. The summed E-state index contributed by atoms with van der Waals surface area (Å²) >= 11 is 0. The van der Waals surface area contributed by atoms with Crippen molar-refractivity contribution in [2.45, 2.75) is 18.9 Å². The molecule has 1 atom stereocenters. The summed E-state index contributed by atoms with van der Waals surface area (Å²) in [4.78, 5) is 35.1. The van der Waals surface area contributed by atoms with Crippen molar-refractivity contribution in [2.24, 2.45) is 22.2 Å². The van der Waals surface area contributed by atoms with Crippen LogP contribution < -0.4 is 32.0 Å². The zero-order valence-corrected chi connectivity index (χ0v) is 24.1. The van der Waals surface area contributed by atoms with Gasteiger partial charge in [0.15, 0.2) is 5.96 Å². The summed E-state index contributed by atoms with van der Waals surface area (Å²) in [5.41, 5.74) is 19.7. The minimum atomic E-state index is -0.784.